The second kappa shape index (κ2) is 6.64. The number of carbonyl (C=O) groups is 1. The second-order valence-corrected chi connectivity index (χ2v) is 7.13. The molecule has 1 heterocycles. The van der Waals surface area contributed by atoms with Crippen molar-refractivity contribution in [2.75, 3.05) is 33.3 Å². The molecule has 8 heteroatoms. The Labute approximate surface area is 130 Å². The van der Waals surface area contributed by atoms with E-state index in [0.717, 1.165) is 0 Å². The van der Waals surface area contributed by atoms with E-state index in [4.69, 9.17) is 10.5 Å². The zero-order valence-electron chi connectivity index (χ0n) is 12.7. The first-order valence-electron chi connectivity index (χ1n) is 7.04. The maximum Gasteiger partial charge on any atom is 0.243 e. The van der Waals surface area contributed by atoms with Crippen LogP contribution < -0.4 is 10.5 Å². The van der Waals surface area contributed by atoms with Gasteiger partial charge in [0.15, 0.2) is 0 Å². The topological polar surface area (TPSA) is 92.9 Å². The van der Waals surface area contributed by atoms with E-state index in [9.17, 15) is 13.2 Å². The highest BCUT2D eigenvalue weighted by Crippen LogP contribution is 2.21. The van der Waals surface area contributed by atoms with E-state index in [2.05, 4.69) is 0 Å². The van der Waals surface area contributed by atoms with Crippen LogP contribution in [0.2, 0.25) is 0 Å². The van der Waals surface area contributed by atoms with Gasteiger partial charge in [0.05, 0.1) is 18.0 Å². The Hall–Kier alpha value is -1.64. The number of piperazine rings is 1. The maximum atomic E-state index is 12.6. The third kappa shape index (κ3) is 3.40. The molecule has 0 saturated carbocycles. The monoisotopic (exact) mass is 327 g/mol. The van der Waals surface area contributed by atoms with Gasteiger partial charge in [-0.15, -0.1) is 0 Å². The first kappa shape index (κ1) is 16.7. The van der Waals surface area contributed by atoms with Gasteiger partial charge in [-0.25, -0.2) is 8.42 Å². The van der Waals surface area contributed by atoms with Gasteiger partial charge < -0.3 is 10.5 Å². The van der Waals surface area contributed by atoms with Crippen molar-refractivity contribution >= 4 is 15.9 Å². The Morgan fingerprint density at radius 3 is 2.18 bits per heavy atom. The zero-order valence-corrected chi connectivity index (χ0v) is 13.5. The molecule has 0 spiro atoms. The summed E-state index contributed by atoms with van der Waals surface area (Å²) < 4.78 is 31.6. The molecule has 1 aliphatic rings. The van der Waals surface area contributed by atoms with Crippen molar-refractivity contribution in [2.45, 2.75) is 17.9 Å². The number of methoxy groups -OCH3 is 1. The molecule has 0 aromatic heterocycles. The molecule has 1 aromatic carbocycles. The van der Waals surface area contributed by atoms with E-state index in [1.165, 1.54) is 23.5 Å². The van der Waals surface area contributed by atoms with Crippen LogP contribution in [-0.4, -0.2) is 62.9 Å². The van der Waals surface area contributed by atoms with Crippen molar-refractivity contribution in [1.82, 2.24) is 9.21 Å². The fourth-order valence-electron chi connectivity index (χ4n) is 2.41. The van der Waals surface area contributed by atoms with Gasteiger partial charge in [-0.2, -0.15) is 4.31 Å². The quantitative estimate of drug-likeness (QED) is 0.813. The lowest BCUT2D eigenvalue weighted by Gasteiger charge is -2.36. The minimum absolute atomic E-state index is 0.240. The molecule has 0 radical (unpaired) electrons. The first-order valence-corrected chi connectivity index (χ1v) is 8.48. The van der Waals surface area contributed by atoms with E-state index in [1.54, 1.807) is 19.1 Å². The van der Waals surface area contributed by atoms with Gasteiger partial charge in [0.1, 0.15) is 5.75 Å². The molecular weight excluding hydrogens is 306 g/mol. The van der Waals surface area contributed by atoms with Crippen molar-refractivity contribution in [3.05, 3.63) is 24.3 Å². The molecule has 1 aromatic rings. The van der Waals surface area contributed by atoms with Gasteiger partial charge in [0.2, 0.25) is 15.9 Å². The van der Waals surface area contributed by atoms with Crippen LogP contribution in [0.15, 0.2) is 29.2 Å². The van der Waals surface area contributed by atoms with Crippen LogP contribution in [0.1, 0.15) is 6.92 Å². The van der Waals surface area contributed by atoms with Crippen molar-refractivity contribution in [1.29, 1.82) is 0 Å². The second-order valence-electron chi connectivity index (χ2n) is 5.19. The van der Waals surface area contributed by atoms with E-state index in [0.29, 0.717) is 31.9 Å². The van der Waals surface area contributed by atoms with E-state index in [-0.39, 0.29) is 10.9 Å². The third-order valence-electron chi connectivity index (χ3n) is 3.93. The Balaban J connectivity index is 2.07. The molecule has 122 valence electrons. The van der Waals surface area contributed by atoms with E-state index < -0.39 is 15.9 Å². The molecule has 1 amide bonds. The number of benzene rings is 1. The Morgan fingerprint density at radius 2 is 1.73 bits per heavy atom. The van der Waals surface area contributed by atoms with Crippen LogP contribution in [0.5, 0.6) is 5.75 Å². The Kier molecular flexibility index (Phi) is 5.05. The molecule has 1 atom stereocenters. The summed E-state index contributed by atoms with van der Waals surface area (Å²) in [6.07, 6.45) is 0. The summed E-state index contributed by atoms with van der Waals surface area (Å²) in [4.78, 5) is 13.3. The van der Waals surface area contributed by atoms with Crippen LogP contribution in [0.4, 0.5) is 0 Å². The summed E-state index contributed by atoms with van der Waals surface area (Å²) in [5.74, 6) is 0.213. The minimum Gasteiger partial charge on any atom is -0.497 e. The number of primary amides is 1. The lowest BCUT2D eigenvalue weighted by Crippen LogP contribution is -2.54. The van der Waals surface area contributed by atoms with Gasteiger partial charge >= 0.3 is 0 Å². The summed E-state index contributed by atoms with van der Waals surface area (Å²) in [5.41, 5.74) is 5.28. The highest BCUT2D eigenvalue weighted by Gasteiger charge is 2.31. The summed E-state index contributed by atoms with van der Waals surface area (Å²) in [5, 5.41) is 0. The summed E-state index contributed by atoms with van der Waals surface area (Å²) in [6, 6.07) is 5.93. The van der Waals surface area contributed by atoms with Crippen LogP contribution in [0.3, 0.4) is 0 Å². The summed E-state index contributed by atoms with van der Waals surface area (Å²) in [6.45, 7) is 3.38. The molecule has 2 N–H and O–H groups in total. The number of hydrogen-bond acceptors (Lipinski definition) is 5. The van der Waals surface area contributed by atoms with Crippen LogP contribution in [0.25, 0.3) is 0 Å². The number of carbonyl (C=O) groups excluding carboxylic acids is 1. The number of hydrogen-bond donors (Lipinski definition) is 1. The number of nitrogens with two attached hydrogens (primary N) is 1. The molecule has 0 unspecified atom stereocenters. The first-order chi connectivity index (χ1) is 10.4. The number of ether oxygens (including phenoxy) is 1. The van der Waals surface area contributed by atoms with Gasteiger partial charge in [-0.1, -0.05) is 0 Å². The number of nitrogens with zero attached hydrogens (tertiary/aromatic N) is 2. The van der Waals surface area contributed by atoms with E-state index in [1.807, 2.05) is 4.90 Å². The molecule has 1 fully saturated rings. The van der Waals surface area contributed by atoms with Gasteiger partial charge in [-0.05, 0) is 31.2 Å². The minimum atomic E-state index is -3.52. The molecule has 1 saturated heterocycles. The Morgan fingerprint density at radius 1 is 1.18 bits per heavy atom. The zero-order chi connectivity index (χ0) is 16.3. The average molecular weight is 327 g/mol. The number of rotatable bonds is 5. The van der Waals surface area contributed by atoms with Crippen molar-refractivity contribution < 1.29 is 17.9 Å². The number of amides is 1. The highest BCUT2D eigenvalue weighted by atomic mass is 32.2. The van der Waals surface area contributed by atoms with Crippen molar-refractivity contribution in [2.24, 2.45) is 5.73 Å². The standard InChI is InChI=1S/C14H21N3O4S/c1-11(14(15)18)16-7-9-17(10-8-16)22(19,20)13-5-3-12(21-2)4-6-13/h3-6,11H,7-10H2,1-2H3,(H2,15,18)/t11-/m1/s1. The van der Waals surface area contributed by atoms with Crippen molar-refractivity contribution in [3.8, 4) is 5.75 Å². The molecule has 7 nitrogen and oxygen atoms in total. The lowest BCUT2D eigenvalue weighted by molar-refractivity contribution is -0.123. The maximum absolute atomic E-state index is 12.6. The van der Waals surface area contributed by atoms with Crippen molar-refractivity contribution in [3.63, 3.8) is 0 Å². The predicted molar refractivity (Wildman–Crippen MR) is 82.0 cm³/mol. The number of sulfonamides is 1. The SMILES string of the molecule is COc1ccc(S(=O)(=O)N2CCN([C@H](C)C(N)=O)CC2)cc1. The Bertz CT molecular complexity index is 622. The molecule has 0 bridgehead atoms. The van der Waals surface area contributed by atoms with Crippen LogP contribution in [0, 0.1) is 0 Å². The molecule has 0 aliphatic carbocycles. The average Bonchev–Trinajstić information content (AvgIpc) is 2.54. The summed E-state index contributed by atoms with van der Waals surface area (Å²) >= 11 is 0. The fourth-order valence-corrected chi connectivity index (χ4v) is 3.83. The van der Waals surface area contributed by atoms with Gasteiger partial charge in [-0.3, -0.25) is 9.69 Å². The normalized spacial score (nSPS) is 18.8. The third-order valence-corrected chi connectivity index (χ3v) is 5.84. The molecule has 1 aliphatic heterocycles. The van der Waals surface area contributed by atoms with Crippen LogP contribution in [-0.2, 0) is 14.8 Å². The predicted octanol–water partition coefficient (Wildman–Crippen LogP) is -0.125. The summed E-state index contributed by atoms with van der Waals surface area (Å²) in [7, 11) is -1.99. The fraction of sp³-hybridized carbons (Fsp3) is 0.500. The smallest absolute Gasteiger partial charge is 0.243 e. The van der Waals surface area contributed by atoms with Gasteiger partial charge in [0, 0.05) is 26.2 Å². The molecule has 2 rings (SSSR count). The lowest BCUT2D eigenvalue weighted by atomic mass is 10.2. The van der Waals surface area contributed by atoms with Crippen LogP contribution >= 0.6 is 0 Å². The van der Waals surface area contributed by atoms with Gasteiger partial charge in [0.25, 0.3) is 0 Å². The largest absolute Gasteiger partial charge is 0.497 e. The highest BCUT2D eigenvalue weighted by molar-refractivity contribution is 7.89. The molecular formula is C14H21N3O4S. The molecule has 22 heavy (non-hydrogen) atoms. The van der Waals surface area contributed by atoms with E-state index >= 15 is 0 Å².